The second kappa shape index (κ2) is 9.33. The first-order valence-corrected chi connectivity index (χ1v) is 10.1. The Hall–Kier alpha value is -2.82. The lowest BCUT2D eigenvalue weighted by Gasteiger charge is -2.03. The van der Waals surface area contributed by atoms with Crippen LogP contribution in [0.4, 0.5) is 5.69 Å². The number of carbonyl (C=O) groups is 1. The van der Waals surface area contributed by atoms with E-state index in [1.807, 2.05) is 6.92 Å². The molecule has 3 aromatic rings. The summed E-state index contributed by atoms with van der Waals surface area (Å²) in [5.74, 6) is 0.0246. The Labute approximate surface area is 184 Å². The number of nitro benzene ring substituents is 1. The fourth-order valence-corrected chi connectivity index (χ4v) is 3.66. The van der Waals surface area contributed by atoms with Gasteiger partial charge in [-0.15, -0.1) is 5.10 Å². The van der Waals surface area contributed by atoms with Crippen LogP contribution >= 0.6 is 35.0 Å². The molecule has 3 rings (SSSR count). The predicted octanol–water partition coefficient (Wildman–Crippen LogP) is 5.45. The molecule has 0 saturated carbocycles. The van der Waals surface area contributed by atoms with Gasteiger partial charge in [-0.05, 0) is 36.4 Å². The minimum Gasteiger partial charge on any atom is -0.477 e. The summed E-state index contributed by atoms with van der Waals surface area (Å²) in [6, 6.07) is 5.56. The maximum absolute atomic E-state index is 11.6. The topological polar surface area (TPSA) is 135 Å². The first-order chi connectivity index (χ1) is 14.3. The molecule has 0 amide bonds. The molecule has 0 fully saturated rings. The number of halogens is 2. The minimum absolute atomic E-state index is 0.0502. The lowest BCUT2D eigenvalue weighted by Crippen LogP contribution is -1.97. The number of aryl methyl sites for hydroxylation is 1. The summed E-state index contributed by atoms with van der Waals surface area (Å²) in [7, 11) is 0. The lowest BCUT2D eigenvalue weighted by molar-refractivity contribution is -0.384. The number of thioether (sulfide) groups is 1. The van der Waals surface area contributed by atoms with E-state index in [0.717, 1.165) is 24.2 Å². The molecule has 9 nitrogen and oxygen atoms in total. The number of nitrogens with one attached hydrogen (secondary N) is 1. The van der Waals surface area contributed by atoms with Crippen molar-refractivity contribution in [3.05, 3.63) is 60.9 Å². The fraction of sp³-hybridized carbons (Fsp3) is 0.167. The number of benzene rings is 1. The highest BCUT2D eigenvalue weighted by atomic mass is 35.5. The van der Waals surface area contributed by atoms with Crippen LogP contribution < -0.4 is 0 Å². The van der Waals surface area contributed by atoms with E-state index in [1.54, 1.807) is 12.1 Å². The van der Waals surface area contributed by atoms with Gasteiger partial charge in [-0.25, -0.2) is 9.78 Å². The Bertz CT molecular complexity index is 1140. The standard InChI is InChI=1S/C18H14Cl2N4O5S/c1-2-3-16-21-18(23-22-16)30-15(17(25)26)6-9-4-5-14(29-9)10-7-12(20)13(24(27)28)8-11(10)19/h4-8H,2-3H2,1H3,(H,25,26)(H,21,22,23)/b15-6-. The molecule has 0 aliphatic carbocycles. The first-order valence-electron chi connectivity index (χ1n) is 8.56. The summed E-state index contributed by atoms with van der Waals surface area (Å²) >= 11 is 12.9. The van der Waals surface area contributed by atoms with E-state index >= 15 is 0 Å². The van der Waals surface area contributed by atoms with Crippen molar-refractivity contribution >= 4 is 52.7 Å². The van der Waals surface area contributed by atoms with E-state index in [4.69, 9.17) is 27.6 Å². The third kappa shape index (κ3) is 5.02. The molecule has 12 heteroatoms. The number of rotatable bonds is 8. The van der Waals surface area contributed by atoms with Crippen LogP contribution in [0.3, 0.4) is 0 Å². The molecule has 0 saturated heterocycles. The molecule has 0 aliphatic rings. The minimum atomic E-state index is -1.17. The lowest BCUT2D eigenvalue weighted by atomic mass is 10.1. The average molecular weight is 469 g/mol. The van der Waals surface area contributed by atoms with Crippen molar-refractivity contribution in [3.63, 3.8) is 0 Å². The molecule has 30 heavy (non-hydrogen) atoms. The highest BCUT2D eigenvalue weighted by Gasteiger charge is 2.19. The summed E-state index contributed by atoms with van der Waals surface area (Å²) in [5.41, 5.74) is 0.0187. The predicted molar refractivity (Wildman–Crippen MR) is 113 cm³/mol. The molecule has 0 spiro atoms. The molecule has 2 heterocycles. The fourth-order valence-electron chi connectivity index (χ4n) is 2.47. The van der Waals surface area contributed by atoms with Gasteiger partial charge < -0.3 is 9.52 Å². The third-order valence-corrected chi connectivity index (χ3v) is 5.30. The van der Waals surface area contributed by atoms with E-state index in [2.05, 4.69) is 15.2 Å². The SMILES string of the molecule is CCCc1nc(S/C(=C\c2ccc(-c3cc(Cl)c([N+](=O)[O-])cc3Cl)o2)C(=O)O)n[nH]1. The van der Waals surface area contributed by atoms with Crippen molar-refractivity contribution in [1.29, 1.82) is 0 Å². The van der Waals surface area contributed by atoms with Gasteiger partial charge in [-0.2, -0.15) is 0 Å². The van der Waals surface area contributed by atoms with Crippen LogP contribution in [0.2, 0.25) is 10.0 Å². The Kier molecular flexibility index (Phi) is 6.80. The molecule has 2 aromatic heterocycles. The van der Waals surface area contributed by atoms with Gasteiger partial charge in [-0.3, -0.25) is 15.2 Å². The number of nitrogens with zero attached hydrogens (tertiary/aromatic N) is 3. The van der Waals surface area contributed by atoms with Gasteiger partial charge in [0, 0.05) is 24.1 Å². The first kappa shape index (κ1) is 21.9. The summed E-state index contributed by atoms with van der Waals surface area (Å²) in [5, 5.41) is 27.5. The van der Waals surface area contributed by atoms with Crippen LogP contribution in [0, 0.1) is 10.1 Å². The largest absolute Gasteiger partial charge is 0.477 e. The van der Waals surface area contributed by atoms with Crippen molar-refractivity contribution in [2.75, 3.05) is 0 Å². The number of aromatic amines is 1. The molecule has 2 N–H and O–H groups in total. The average Bonchev–Trinajstić information content (AvgIpc) is 3.32. The number of nitro groups is 1. The third-order valence-electron chi connectivity index (χ3n) is 3.81. The number of hydrogen-bond acceptors (Lipinski definition) is 7. The molecule has 0 aliphatic heterocycles. The molecular weight excluding hydrogens is 455 g/mol. The summed E-state index contributed by atoms with van der Waals surface area (Å²) < 4.78 is 5.65. The molecule has 0 bridgehead atoms. The molecular formula is C18H14Cl2N4O5S. The smallest absolute Gasteiger partial charge is 0.342 e. The van der Waals surface area contributed by atoms with E-state index in [0.29, 0.717) is 17.8 Å². The van der Waals surface area contributed by atoms with Crippen molar-refractivity contribution in [2.24, 2.45) is 0 Å². The zero-order valence-corrected chi connectivity index (χ0v) is 17.7. The number of aliphatic carboxylic acids is 1. The Morgan fingerprint density at radius 2 is 2.13 bits per heavy atom. The van der Waals surface area contributed by atoms with Gasteiger partial charge in [0.25, 0.3) is 5.69 Å². The number of carboxylic acids is 1. The van der Waals surface area contributed by atoms with Crippen LogP contribution in [0.25, 0.3) is 17.4 Å². The van der Waals surface area contributed by atoms with Crippen molar-refractivity contribution in [2.45, 2.75) is 24.9 Å². The van der Waals surface area contributed by atoms with Crippen LogP contribution in [0.15, 0.2) is 38.7 Å². The highest BCUT2D eigenvalue weighted by Crippen LogP contribution is 2.37. The normalized spacial score (nSPS) is 11.6. The summed E-state index contributed by atoms with van der Waals surface area (Å²) in [6.07, 6.45) is 2.92. The molecule has 1 aromatic carbocycles. The summed E-state index contributed by atoms with van der Waals surface area (Å²) in [6.45, 7) is 2.00. The van der Waals surface area contributed by atoms with Crippen molar-refractivity contribution < 1.29 is 19.2 Å². The monoisotopic (exact) mass is 468 g/mol. The second-order valence-electron chi connectivity index (χ2n) is 5.97. The molecule has 0 unspecified atom stereocenters. The van der Waals surface area contributed by atoms with Gasteiger partial charge in [0.2, 0.25) is 5.16 Å². The molecule has 0 atom stereocenters. The Morgan fingerprint density at radius 1 is 1.37 bits per heavy atom. The number of aromatic nitrogens is 3. The number of H-pyrrole nitrogens is 1. The van der Waals surface area contributed by atoms with Crippen LogP contribution in [0.1, 0.15) is 24.9 Å². The second-order valence-corrected chi connectivity index (χ2v) is 7.80. The van der Waals surface area contributed by atoms with Crippen LogP contribution in [-0.2, 0) is 11.2 Å². The van der Waals surface area contributed by atoms with E-state index in [9.17, 15) is 20.0 Å². The Balaban J connectivity index is 1.88. The number of furan rings is 1. The molecule has 0 radical (unpaired) electrons. The maximum atomic E-state index is 11.6. The number of carboxylic acid groups (broad SMARTS) is 1. The van der Waals surface area contributed by atoms with Gasteiger partial charge in [0.05, 0.1) is 9.95 Å². The van der Waals surface area contributed by atoms with E-state index in [-0.39, 0.29) is 37.3 Å². The van der Waals surface area contributed by atoms with Crippen LogP contribution in [0.5, 0.6) is 0 Å². The maximum Gasteiger partial charge on any atom is 0.342 e. The van der Waals surface area contributed by atoms with Gasteiger partial charge in [0.1, 0.15) is 27.3 Å². The number of hydrogen-bond donors (Lipinski definition) is 2. The summed E-state index contributed by atoms with van der Waals surface area (Å²) in [4.78, 5) is 26.1. The highest BCUT2D eigenvalue weighted by molar-refractivity contribution is 8.04. The van der Waals surface area contributed by atoms with Gasteiger partial charge in [-0.1, -0.05) is 30.1 Å². The van der Waals surface area contributed by atoms with Crippen molar-refractivity contribution in [3.8, 4) is 11.3 Å². The van der Waals surface area contributed by atoms with E-state index in [1.165, 1.54) is 12.1 Å². The van der Waals surface area contributed by atoms with Gasteiger partial charge in [0.15, 0.2) is 0 Å². The quantitative estimate of drug-likeness (QED) is 0.192. The van der Waals surface area contributed by atoms with Gasteiger partial charge >= 0.3 is 5.97 Å². The van der Waals surface area contributed by atoms with Crippen molar-refractivity contribution in [1.82, 2.24) is 15.2 Å². The van der Waals surface area contributed by atoms with Crippen LogP contribution in [-0.4, -0.2) is 31.2 Å². The Morgan fingerprint density at radius 3 is 2.80 bits per heavy atom. The van der Waals surface area contributed by atoms with E-state index < -0.39 is 10.9 Å². The zero-order chi connectivity index (χ0) is 21.8. The molecule has 156 valence electrons. The zero-order valence-electron chi connectivity index (χ0n) is 15.4.